The fourth-order valence-corrected chi connectivity index (χ4v) is 0.752. The summed E-state index contributed by atoms with van der Waals surface area (Å²) in [4.78, 5) is 10.4. The molecule has 0 amide bonds. The zero-order valence-corrected chi connectivity index (χ0v) is 5.74. The third kappa shape index (κ3) is 1.47. The van der Waals surface area contributed by atoms with Crippen LogP contribution in [0.25, 0.3) is 0 Å². The maximum atomic E-state index is 10.4. The summed E-state index contributed by atoms with van der Waals surface area (Å²) in [6.07, 6.45) is 1.13. The van der Waals surface area contributed by atoms with Crippen molar-refractivity contribution >= 4 is 23.2 Å². The van der Waals surface area contributed by atoms with Crippen molar-refractivity contribution in [3.8, 4) is 0 Å². The van der Waals surface area contributed by atoms with E-state index in [2.05, 4.69) is 4.42 Å². The minimum absolute atomic E-state index is 0.00231. The molecule has 1 aromatic heterocycles. The van der Waals surface area contributed by atoms with Crippen LogP contribution in [0.5, 0.6) is 0 Å². The lowest BCUT2D eigenvalue weighted by Gasteiger charge is -1.85. The van der Waals surface area contributed by atoms with Gasteiger partial charge >= 0.3 is 5.63 Å². The van der Waals surface area contributed by atoms with Crippen molar-refractivity contribution in [2.45, 2.75) is 0 Å². The lowest BCUT2D eigenvalue weighted by Crippen LogP contribution is -1.96. The summed E-state index contributed by atoms with van der Waals surface area (Å²) in [5, 5.41) is 0.321. The normalized spacial score (nSPS) is 9.56. The van der Waals surface area contributed by atoms with Crippen molar-refractivity contribution in [1.82, 2.24) is 0 Å². The first-order chi connectivity index (χ1) is 4.20. The van der Waals surface area contributed by atoms with Crippen molar-refractivity contribution in [3.05, 3.63) is 32.8 Å². The fraction of sp³-hybridized carbons (Fsp3) is 0. The highest BCUT2D eigenvalue weighted by molar-refractivity contribution is 6.34. The number of hydrogen-bond donors (Lipinski definition) is 0. The number of rotatable bonds is 0. The van der Waals surface area contributed by atoms with E-state index in [1.807, 2.05) is 0 Å². The highest BCUT2D eigenvalue weighted by Gasteiger charge is 1.96. The van der Waals surface area contributed by atoms with Crippen molar-refractivity contribution in [2.24, 2.45) is 0 Å². The standard InChI is InChI=1S/C5H2Cl2O2/c6-3-1-4(7)5(8)9-2-3/h1-2H. The zero-order valence-electron chi connectivity index (χ0n) is 4.23. The first-order valence-corrected chi connectivity index (χ1v) is 2.89. The van der Waals surface area contributed by atoms with E-state index >= 15 is 0 Å². The molecule has 0 aromatic carbocycles. The molecule has 48 valence electrons. The quantitative estimate of drug-likeness (QED) is 0.587. The second-order valence-corrected chi connectivity index (χ2v) is 2.24. The van der Waals surface area contributed by atoms with Gasteiger partial charge in [-0.2, -0.15) is 0 Å². The molecular formula is C5H2Cl2O2. The van der Waals surface area contributed by atoms with E-state index in [1.54, 1.807) is 0 Å². The SMILES string of the molecule is O=c1occ(Cl)cc1Cl. The van der Waals surface area contributed by atoms with Gasteiger partial charge in [0, 0.05) is 0 Å². The maximum absolute atomic E-state index is 10.4. The molecule has 0 N–H and O–H groups in total. The Kier molecular flexibility index (Phi) is 1.78. The van der Waals surface area contributed by atoms with Crippen molar-refractivity contribution < 1.29 is 4.42 Å². The third-order valence-corrected chi connectivity index (χ3v) is 1.20. The molecule has 0 saturated carbocycles. The Hall–Kier alpha value is -0.470. The van der Waals surface area contributed by atoms with Gasteiger partial charge in [-0.1, -0.05) is 23.2 Å². The summed E-state index contributed by atoms with van der Waals surface area (Å²) in [6, 6.07) is 1.33. The van der Waals surface area contributed by atoms with Crippen LogP contribution in [0.3, 0.4) is 0 Å². The van der Waals surface area contributed by atoms with Crippen molar-refractivity contribution in [2.75, 3.05) is 0 Å². The first kappa shape index (κ1) is 6.65. The molecule has 0 saturated heterocycles. The van der Waals surface area contributed by atoms with Gasteiger partial charge in [-0.05, 0) is 6.07 Å². The summed E-state index contributed by atoms with van der Waals surface area (Å²) >= 11 is 10.7. The molecule has 0 spiro atoms. The molecule has 0 bridgehead atoms. The Labute approximate surface area is 61.0 Å². The largest absolute Gasteiger partial charge is 0.429 e. The molecule has 0 unspecified atom stereocenters. The number of hydrogen-bond acceptors (Lipinski definition) is 2. The Morgan fingerprint density at radius 1 is 1.44 bits per heavy atom. The molecule has 1 heterocycles. The minimum atomic E-state index is -0.568. The molecule has 0 aliphatic rings. The average molecular weight is 165 g/mol. The van der Waals surface area contributed by atoms with Crippen LogP contribution in [-0.4, -0.2) is 0 Å². The Bertz CT molecular complexity index is 266. The summed E-state index contributed by atoms with van der Waals surface area (Å²) in [5.41, 5.74) is -0.568. The predicted molar refractivity (Wildman–Crippen MR) is 35.0 cm³/mol. The molecule has 0 aliphatic heterocycles. The van der Waals surface area contributed by atoms with E-state index < -0.39 is 5.63 Å². The zero-order chi connectivity index (χ0) is 6.85. The molecule has 4 heteroatoms. The van der Waals surface area contributed by atoms with Crippen LogP contribution in [0.4, 0.5) is 0 Å². The van der Waals surface area contributed by atoms with Gasteiger partial charge in [0.25, 0.3) is 0 Å². The van der Waals surface area contributed by atoms with E-state index in [9.17, 15) is 4.79 Å². The highest BCUT2D eigenvalue weighted by atomic mass is 35.5. The summed E-state index contributed by atoms with van der Waals surface area (Å²) in [7, 11) is 0. The molecule has 1 aromatic rings. The monoisotopic (exact) mass is 164 g/mol. The molecule has 0 atom stereocenters. The smallest absolute Gasteiger partial charge is 0.354 e. The van der Waals surface area contributed by atoms with Crippen LogP contribution < -0.4 is 5.63 Å². The highest BCUT2D eigenvalue weighted by Crippen LogP contribution is 2.09. The van der Waals surface area contributed by atoms with E-state index in [4.69, 9.17) is 23.2 Å². The van der Waals surface area contributed by atoms with Gasteiger partial charge in [0.2, 0.25) is 0 Å². The number of halogens is 2. The van der Waals surface area contributed by atoms with Crippen LogP contribution in [0.2, 0.25) is 10.0 Å². The average Bonchev–Trinajstić information content (AvgIpc) is 1.80. The summed E-state index contributed by atoms with van der Waals surface area (Å²) < 4.78 is 4.37. The molecule has 2 nitrogen and oxygen atoms in total. The molecule has 0 fully saturated rings. The third-order valence-electron chi connectivity index (χ3n) is 0.738. The van der Waals surface area contributed by atoms with Crippen LogP contribution in [0.1, 0.15) is 0 Å². The van der Waals surface area contributed by atoms with Crippen LogP contribution >= 0.6 is 23.2 Å². The second-order valence-electron chi connectivity index (χ2n) is 1.40. The van der Waals surface area contributed by atoms with E-state index in [0.29, 0.717) is 5.02 Å². The fourth-order valence-electron chi connectivity index (χ4n) is 0.380. The van der Waals surface area contributed by atoms with Gasteiger partial charge in [0.1, 0.15) is 11.3 Å². The predicted octanol–water partition coefficient (Wildman–Crippen LogP) is 1.95. The summed E-state index contributed by atoms with van der Waals surface area (Å²) in [5.74, 6) is 0. The Morgan fingerprint density at radius 2 is 2.11 bits per heavy atom. The molecular weight excluding hydrogens is 163 g/mol. The van der Waals surface area contributed by atoms with Gasteiger partial charge in [0.15, 0.2) is 0 Å². The molecule has 0 radical (unpaired) electrons. The van der Waals surface area contributed by atoms with Crippen LogP contribution in [0, 0.1) is 0 Å². The topological polar surface area (TPSA) is 30.2 Å². The van der Waals surface area contributed by atoms with Crippen LogP contribution in [-0.2, 0) is 0 Å². The summed E-state index contributed by atoms with van der Waals surface area (Å²) in [6.45, 7) is 0. The van der Waals surface area contributed by atoms with Gasteiger partial charge < -0.3 is 4.42 Å². The molecule has 0 aliphatic carbocycles. The lowest BCUT2D eigenvalue weighted by molar-refractivity contribution is 0.511. The van der Waals surface area contributed by atoms with Gasteiger partial charge in [-0.15, -0.1) is 0 Å². The van der Waals surface area contributed by atoms with Crippen molar-refractivity contribution in [1.29, 1.82) is 0 Å². The van der Waals surface area contributed by atoms with Crippen LogP contribution in [0.15, 0.2) is 21.5 Å². The van der Waals surface area contributed by atoms with Gasteiger partial charge in [0.05, 0.1) is 5.02 Å². The Balaban J connectivity index is 3.34. The van der Waals surface area contributed by atoms with Crippen molar-refractivity contribution in [3.63, 3.8) is 0 Å². The Morgan fingerprint density at radius 3 is 2.56 bits per heavy atom. The second kappa shape index (κ2) is 2.42. The van der Waals surface area contributed by atoms with Gasteiger partial charge in [-0.25, -0.2) is 4.79 Å². The van der Waals surface area contributed by atoms with Gasteiger partial charge in [-0.3, -0.25) is 0 Å². The molecule has 9 heavy (non-hydrogen) atoms. The first-order valence-electron chi connectivity index (χ1n) is 2.14. The van der Waals surface area contributed by atoms with E-state index in [1.165, 1.54) is 6.07 Å². The van der Waals surface area contributed by atoms with E-state index in [-0.39, 0.29) is 5.02 Å². The maximum Gasteiger partial charge on any atom is 0.354 e. The molecule has 1 rings (SSSR count). The minimum Gasteiger partial charge on any atom is -0.429 e. The van der Waals surface area contributed by atoms with E-state index in [0.717, 1.165) is 6.26 Å². The lowest BCUT2D eigenvalue weighted by atomic mass is 10.5.